The number of rotatable bonds is 10. The molecule has 2 fully saturated rings. The van der Waals surface area contributed by atoms with Gasteiger partial charge in [-0.15, -0.1) is 0 Å². The number of carbonyl (C=O) groups is 2. The molecule has 2 saturated heterocycles. The van der Waals surface area contributed by atoms with Crippen molar-refractivity contribution >= 4 is 17.7 Å². The number of likely N-dealkylation sites (tertiary alicyclic amines) is 1. The van der Waals surface area contributed by atoms with Gasteiger partial charge >= 0.3 is 6.09 Å². The first-order valence-corrected chi connectivity index (χ1v) is 15.7. The highest BCUT2D eigenvalue weighted by Crippen LogP contribution is 2.22. The zero-order chi connectivity index (χ0) is 30.0. The van der Waals surface area contributed by atoms with Crippen molar-refractivity contribution in [1.82, 2.24) is 24.7 Å². The van der Waals surface area contributed by atoms with E-state index in [-0.39, 0.29) is 11.8 Å². The molecule has 2 aliphatic rings. The molecule has 0 bridgehead atoms. The zero-order valence-electron chi connectivity index (χ0n) is 25.5. The number of aryl methyl sites for hydroxylation is 2. The third-order valence-electron chi connectivity index (χ3n) is 8.52. The lowest BCUT2D eigenvalue weighted by atomic mass is 9.99. The van der Waals surface area contributed by atoms with Gasteiger partial charge in [-0.1, -0.05) is 31.5 Å². The quantitative estimate of drug-likeness (QED) is 0.334. The van der Waals surface area contributed by atoms with Crippen LogP contribution in [0.25, 0.3) is 0 Å². The second-order valence-electron chi connectivity index (χ2n) is 11.7. The molecule has 9 nitrogen and oxygen atoms in total. The van der Waals surface area contributed by atoms with E-state index in [0.29, 0.717) is 30.4 Å². The van der Waals surface area contributed by atoms with Gasteiger partial charge in [-0.2, -0.15) is 0 Å². The molecular weight excluding hydrogens is 540 g/mol. The SMILES string of the molecule is CCC1CCCCN1Cc1ccc(C(=O)Nc2ccc(OC(=O)N3CCN(CCCc4ccc(C)cn4)CC3)nc2)cc1. The van der Waals surface area contributed by atoms with Gasteiger partial charge < -0.3 is 15.0 Å². The lowest BCUT2D eigenvalue weighted by molar-refractivity contribution is 0.102. The van der Waals surface area contributed by atoms with E-state index in [9.17, 15) is 9.59 Å². The summed E-state index contributed by atoms with van der Waals surface area (Å²) in [5.74, 6) is 0.0129. The van der Waals surface area contributed by atoms with Crippen LogP contribution in [0.4, 0.5) is 10.5 Å². The van der Waals surface area contributed by atoms with Crippen molar-refractivity contribution in [3.63, 3.8) is 0 Å². The molecule has 2 aromatic heterocycles. The topological polar surface area (TPSA) is 90.9 Å². The minimum absolute atomic E-state index is 0.199. The summed E-state index contributed by atoms with van der Waals surface area (Å²) in [6.45, 7) is 10.2. The van der Waals surface area contributed by atoms with Crippen molar-refractivity contribution in [2.24, 2.45) is 0 Å². The summed E-state index contributed by atoms with van der Waals surface area (Å²) in [6, 6.07) is 16.0. The first-order chi connectivity index (χ1) is 21.0. The Morgan fingerprint density at radius 3 is 2.44 bits per heavy atom. The molecule has 2 amide bonds. The van der Waals surface area contributed by atoms with Gasteiger partial charge in [0, 0.05) is 62.3 Å². The smallest absolute Gasteiger partial charge is 0.391 e. The number of hydrogen-bond donors (Lipinski definition) is 1. The number of ether oxygens (including phenoxy) is 1. The summed E-state index contributed by atoms with van der Waals surface area (Å²) in [5, 5.41) is 2.88. The first-order valence-electron chi connectivity index (χ1n) is 15.7. The van der Waals surface area contributed by atoms with Crippen LogP contribution in [0.1, 0.15) is 66.2 Å². The number of piperidine rings is 1. The van der Waals surface area contributed by atoms with Crippen molar-refractivity contribution in [2.75, 3.05) is 44.6 Å². The molecule has 1 N–H and O–H groups in total. The second-order valence-corrected chi connectivity index (χ2v) is 11.7. The molecule has 0 saturated carbocycles. The predicted octanol–water partition coefficient (Wildman–Crippen LogP) is 5.55. The number of amides is 2. The van der Waals surface area contributed by atoms with Gasteiger partial charge in [0.25, 0.3) is 5.91 Å². The number of hydrogen-bond acceptors (Lipinski definition) is 7. The van der Waals surface area contributed by atoms with Crippen LogP contribution >= 0.6 is 0 Å². The minimum atomic E-state index is -0.400. The molecule has 1 aromatic carbocycles. The van der Waals surface area contributed by atoms with Crippen LogP contribution in [-0.4, -0.2) is 82.0 Å². The average molecular weight is 585 g/mol. The predicted molar refractivity (Wildman–Crippen MR) is 168 cm³/mol. The zero-order valence-corrected chi connectivity index (χ0v) is 25.5. The van der Waals surface area contributed by atoms with Crippen LogP contribution < -0.4 is 10.1 Å². The first kappa shape index (κ1) is 30.6. The van der Waals surface area contributed by atoms with E-state index in [0.717, 1.165) is 51.3 Å². The second kappa shape index (κ2) is 15.1. The average Bonchev–Trinajstić information content (AvgIpc) is 3.04. The fourth-order valence-electron chi connectivity index (χ4n) is 5.88. The molecule has 0 aliphatic carbocycles. The number of nitrogens with zero attached hydrogens (tertiary/aromatic N) is 5. The van der Waals surface area contributed by atoms with Crippen molar-refractivity contribution in [3.8, 4) is 5.88 Å². The van der Waals surface area contributed by atoms with Gasteiger partial charge in [0.05, 0.1) is 11.9 Å². The number of aromatic nitrogens is 2. The maximum atomic E-state index is 12.8. The fraction of sp³-hybridized carbons (Fsp3) is 0.471. The summed E-state index contributed by atoms with van der Waals surface area (Å²) in [5.41, 5.74) is 4.66. The van der Waals surface area contributed by atoms with Gasteiger partial charge in [0.2, 0.25) is 5.88 Å². The van der Waals surface area contributed by atoms with Crippen molar-refractivity contribution < 1.29 is 14.3 Å². The van der Waals surface area contributed by atoms with Crippen molar-refractivity contribution in [2.45, 2.75) is 65.0 Å². The van der Waals surface area contributed by atoms with Crippen LogP contribution in [0, 0.1) is 6.92 Å². The Balaban J connectivity index is 1.02. The molecule has 1 unspecified atom stereocenters. The Hall–Kier alpha value is -3.82. The van der Waals surface area contributed by atoms with Crippen molar-refractivity contribution in [3.05, 3.63) is 83.3 Å². The molecule has 2 aliphatic heterocycles. The molecular formula is C34H44N6O3. The van der Waals surface area contributed by atoms with Crippen LogP contribution in [-0.2, 0) is 13.0 Å². The largest absolute Gasteiger partial charge is 0.416 e. The van der Waals surface area contributed by atoms with Crippen LogP contribution in [0.2, 0.25) is 0 Å². The van der Waals surface area contributed by atoms with Crippen LogP contribution in [0.3, 0.4) is 0 Å². The number of anilines is 1. The van der Waals surface area contributed by atoms with E-state index in [1.54, 1.807) is 17.0 Å². The Morgan fingerprint density at radius 2 is 1.74 bits per heavy atom. The number of pyridine rings is 2. The van der Waals surface area contributed by atoms with Gasteiger partial charge in [0.15, 0.2) is 0 Å². The van der Waals surface area contributed by atoms with Crippen molar-refractivity contribution in [1.29, 1.82) is 0 Å². The normalized spacial score (nSPS) is 17.9. The van der Waals surface area contributed by atoms with Gasteiger partial charge in [-0.05, 0) is 87.5 Å². The minimum Gasteiger partial charge on any atom is -0.391 e. The Bertz CT molecular complexity index is 1320. The van der Waals surface area contributed by atoms with Gasteiger partial charge in [-0.25, -0.2) is 9.78 Å². The highest BCUT2D eigenvalue weighted by atomic mass is 16.6. The summed E-state index contributed by atoms with van der Waals surface area (Å²) >= 11 is 0. The molecule has 5 rings (SSSR count). The summed E-state index contributed by atoms with van der Waals surface area (Å²) in [4.78, 5) is 40.9. The van der Waals surface area contributed by atoms with E-state index in [1.807, 2.05) is 37.4 Å². The third-order valence-corrected chi connectivity index (χ3v) is 8.52. The highest BCUT2D eigenvalue weighted by molar-refractivity contribution is 6.04. The molecule has 0 radical (unpaired) electrons. The maximum absolute atomic E-state index is 12.8. The highest BCUT2D eigenvalue weighted by Gasteiger charge is 2.23. The lowest BCUT2D eigenvalue weighted by Gasteiger charge is -2.35. The summed E-state index contributed by atoms with van der Waals surface area (Å²) in [7, 11) is 0. The lowest BCUT2D eigenvalue weighted by Crippen LogP contribution is -2.49. The summed E-state index contributed by atoms with van der Waals surface area (Å²) < 4.78 is 5.51. The van der Waals surface area contributed by atoms with Gasteiger partial charge in [0.1, 0.15) is 0 Å². The van der Waals surface area contributed by atoms with E-state index in [1.165, 1.54) is 43.0 Å². The van der Waals surface area contributed by atoms with E-state index < -0.39 is 6.09 Å². The van der Waals surface area contributed by atoms with E-state index in [4.69, 9.17) is 4.74 Å². The van der Waals surface area contributed by atoms with E-state index in [2.05, 4.69) is 44.1 Å². The molecule has 9 heteroatoms. The monoisotopic (exact) mass is 584 g/mol. The Kier molecular flexibility index (Phi) is 10.7. The molecule has 3 aromatic rings. The molecule has 0 spiro atoms. The third kappa shape index (κ3) is 8.84. The molecule has 228 valence electrons. The fourth-order valence-corrected chi connectivity index (χ4v) is 5.88. The number of carbonyl (C=O) groups excluding carboxylic acids is 2. The number of piperazine rings is 1. The molecule has 4 heterocycles. The maximum Gasteiger partial charge on any atom is 0.416 e. The Morgan fingerprint density at radius 1 is 0.930 bits per heavy atom. The molecule has 1 atom stereocenters. The Labute approximate surface area is 255 Å². The number of benzene rings is 1. The van der Waals surface area contributed by atoms with E-state index >= 15 is 0 Å². The standard InChI is InChI=1S/C34H44N6O3/c1-3-31-8-4-5-18-40(31)25-27-10-12-28(13-11-27)33(41)37-30-15-16-32(36-24-30)43-34(42)39-21-19-38(20-22-39)17-6-7-29-14-9-26(2)23-35-29/h9-16,23-24,31H,3-8,17-22,25H2,1-2H3,(H,37,41). The van der Waals surface area contributed by atoms with Crippen LogP contribution in [0.15, 0.2) is 60.9 Å². The number of nitrogens with one attached hydrogen (secondary N) is 1. The van der Waals surface area contributed by atoms with Crippen LogP contribution in [0.5, 0.6) is 5.88 Å². The molecule has 43 heavy (non-hydrogen) atoms. The summed E-state index contributed by atoms with van der Waals surface area (Å²) in [6.07, 6.45) is 10.0. The van der Waals surface area contributed by atoms with Gasteiger partial charge in [-0.3, -0.25) is 19.6 Å².